The van der Waals surface area contributed by atoms with Gasteiger partial charge >= 0.3 is 0 Å². The first-order valence-corrected chi connectivity index (χ1v) is 10.1. The number of piperazine rings is 1. The summed E-state index contributed by atoms with van der Waals surface area (Å²) in [6.45, 7) is 2.66. The molecule has 0 spiro atoms. The van der Waals surface area contributed by atoms with Crippen LogP contribution in [0.1, 0.15) is 20.7 Å². The summed E-state index contributed by atoms with van der Waals surface area (Å²) in [5, 5.41) is 9.85. The average Bonchev–Trinajstić information content (AvgIpc) is 2.80. The van der Waals surface area contributed by atoms with Gasteiger partial charge in [0.15, 0.2) is 5.78 Å². The van der Waals surface area contributed by atoms with E-state index in [0.29, 0.717) is 37.3 Å². The number of Topliss-reactive ketones (excluding diaryl/α,β-unsaturated/α-hetero) is 1. The van der Waals surface area contributed by atoms with Crippen molar-refractivity contribution < 1.29 is 14.7 Å². The van der Waals surface area contributed by atoms with E-state index in [1.54, 1.807) is 18.2 Å². The lowest BCUT2D eigenvalue weighted by Gasteiger charge is -2.34. The van der Waals surface area contributed by atoms with E-state index in [1.807, 2.05) is 64.4 Å². The zero-order valence-electron chi connectivity index (χ0n) is 16.7. The monoisotopic (exact) mass is 400 g/mol. The van der Waals surface area contributed by atoms with E-state index in [1.165, 1.54) is 6.07 Å². The molecule has 1 amide bonds. The third kappa shape index (κ3) is 4.42. The third-order valence-corrected chi connectivity index (χ3v) is 5.47. The summed E-state index contributed by atoms with van der Waals surface area (Å²) in [5.41, 5.74) is 3.22. The molecule has 3 aromatic carbocycles. The summed E-state index contributed by atoms with van der Waals surface area (Å²) in [5.74, 6) is -0.0825. The molecule has 1 N–H and O–H groups in total. The molecule has 1 aliphatic rings. The molecule has 1 heterocycles. The van der Waals surface area contributed by atoms with Gasteiger partial charge in [0.25, 0.3) is 5.91 Å². The van der Waals surface area contributed by atoms with Crippen LogP contribution in [0.5, 0.6) is 5.75 Å². The Labute approximate surface area is 176 Å². The average molecular weight is 400 g/mol. The Bertz CT molecular complexity index is 1020. The summed E-state index contributed by atoms with van der Waals surface area (Å²) in [6.07, 6.45) is 0. The molecular weight excluding hydrogens is 376 g/mol. The number of nitrogens with zero attached hydrogens (tertiary/aromatic N) is 2. The number of carbonyl (C=O) groups is 2. The fraction of sp³-hybridized carbons (Fsp3) is 0.200. The van der Waals surface area contributed by atoms with Crippen LogP contribution in [0.25, 0.3) is 11.1 Å². The van der Waals surface area contributed by atoms with Gasteiger partial charge in [-0.05, 0) is 35.4 Å². The summed E-state index contributed by atoms with van der Waals surface area (Å²) >= 11 is 0. The van der Waals surface area contributed by atoms with Gasteiger partial charge in [-0.1, -0.05) is 54.6 Å². The highest BCUT2D eigenvalue weighted by Gasteiger charge is 2.24. The molecule has 1 aliphatic heterocycles. The summed E-state index contributed by atoms with van der Waals surface area (Å²) in [6, 6.07) is 24.4. The fourth-order valence-corrected chi connectivity index (χ4v) is 3.73. The minimum atomic E-state index is -0.107. The first kappa shape index (κ1) is 19.9. The lowest BCUT2D eigenvalue weighted by molar-refractivity contribution is 0.0624. The molecule has 0 aromatic heterocycles. The second-order valence-corrected chi connectivity index (χ2v) is 7.45. The number of aromatic hydroxyl groups is 1. The van der Waals surface area contributed by atoms with E-state index in [9.17, 15) is 14.7 Å². The standard InChI is InChI=1S/C25H24N2O3/c28-23-9-5-4-8-22(23)24(29)18-26-14-16-27(17-15-26)25(30)21-12-10-20(11-13-21)19-6-2-1-3-7-19/h1-13,28H,14-18H2. The van der Waals surface area contributed by atoms with Gasteiger partial charge in [0.2, 0.25) is 0 Å². The number of amides is 1. The topological polar surface area (TPSA) is 60.9 Å². The zero-order chi connectivity index (χ0) is 20.9. The highest BCUT2D eigenvalue weighted by atomic mass is 16.3. The Morgan fingerprint density at radius 3 is 2.00 bits per heavy atom. The van der Waals surface area contributed by atoms with Crippen molar-refractivity contribution in [1.82, 2.24) is 9.80 Å². The van der Waals surface area contributed by atoms with E-state index in [2.05, 4.69) is 0 Å². The predicted octanol–water partition coefficient (Wildman–Crippen LogP) is 3.70. The molecule has 5 nitrogen and oxygen atoms in total. The van der Waals surface area contributed by atoms with Gasteiger partial charge < -0.3 is 10.0 Å². The van der Waals surface area contributed by atoms with E-state index < -0.39 is 0 Å². The van der Waals surface area contributed by atoms with Gasteiger partial charge in [0.05, 0.1) is 12.1 Å². The van der Waals surface area contributed by atoms with Gasteiger partial charge in [-0.3, -0.25) is 14.5 Å². The van der Waals surface area contributed by atoms with E-state index in [4.69, 9.17) is 0 Å². The van der Waals surface area contributed by atoms with Crippen LogP contribution in [-0.2, 0) is 0 Å². The SMILES string of the molecule is O=C(CN1CCN(C(=O)c2ccc(-c3ccccc3)cc2)CC1)c1ccccc1O. The van der Waals surface area contributed by atoms with Crippen LogP contribution < -0.4 is 0 Å². The predicted molar refractivity (Wildman–Crippen MR) is 117 cm³/mol. The van der Waals surface area contributed by atoms with Crippen molar-refractivity contribution in [2.45, 2.75) is 0 Å². The van der Waals surface area contributed by atoms with Crippen LogP contribution in [0.15, 0.2) is 78.9 Å². The quantitative estimate of drug-likeness (QED) is 0.664. The third-order valence-electron chi connectivity index (χ3n) is 5.47. The molecule has 0 aliphatic carbocycles. The fourth-order valence-electron chi connectivity index (χ4n) is 3.73. The van der Waals surface area contributed by atoms with Crippen LogP contribution in [0.4, 0.5) is 0 Å². The second kappa shape index (κ2) is 8.93. The molecule has 1 saturated heterocycles. The van der Waals surface area contributed by atoms with Crippen molar-refractivity contribution in [1.29, 1.82) is 0 Å². The Hall–Kier alpha value is -3.44. The number of phenolic OH excluding ortho intramolecular Hbond substituents is 1. The van der Waals surface area contributed by atoms with Crippen molar-refractivity contribution >= 4 is 11.7 Å². The highest BCUT2D eigenvalue weighted by Crippen LogP contribution is 2.20. The van der Waals surface area contributed by atoms with Crippen LogP contribution in [0.2, 0.25) is 0 Å². The Kier molecular flexibility index (Phi) is 5.91. The lowest BCUT2D eigenvalue weighted by Crippen LogP contribution is -2.49. The number of hydrogen-bond donors (Lipinski definition) is 1. The largest absolute Gasteiger partial charge is 0.507 e. The smallest absolute Gasteiger partial charge is 0.253 e. The van der Waals surface area contributed by atoms with E-state index in [0.717, 1.165) is 11.1 Å². The molecule has 0 radical (unpaired) electrons. The second-order valence-electron chi connectivity index (χ2n) is 7.45. The molecular formula is C25H24N2O3. The number of hydrogen-bond acceptors (Lipinski definition) is 4. The molecule has 152 valence electrons. The first-order chi connectivity index (χ1) is 14.6. The maximum atomic E-state index is 12.8. The van der Waals surface area contributed by atoms with Crippen LogP contribution in [-0.4, -0.2) is 59.3 Å². The van der Waals surface area contributed by atoms with Crippen molar-refractivity contribution in [3.8, 4) is 16.9 Å². The van der Waals surface area contributed by atoms with Gasteiger partial charge in [-0.15, -0.1) is 0 Å². The number of phenols is 1. The summed E-state index contributed by atoms with van der Waals surface area (Å²) in [4.78, 5) is 29.1. The number of carbonyl (C=O) groups excluding carboxylic acids is 2. The minimum absolute atomic E-state index is 0.00950. The van der Waals surface area contributed by atoms with Crippen LogP contribution in [0, 0.1) is 0 Å². The van der Waals surface area contributed by atoms with Gasteiger partial charge in [0.1, 0.15) is 5.75 Å². The molecule has 30 heavy (non-hydrogen) atoms. The number of rotatable bonds is 5. The van der Waals surface area contributed by atoms with Crippen molar-refractivity contribution in [2.75, 3.05) is 32.7 Å². The molecule has 0 unspecified atom stereocenters. The molecule has 4 rings (SSSR count). The normalized spacial score (nSPS) is 14.5. The molecule has 5 heteroatoms. The first-order valence-electron chi connectivity index (χ1n) is 10.1. The molecule has 0 atom stereocenters. The molecule has 1 fully saturated rings. The molecule has 0 saturated carbocycles. The summed E-state index contributed by atoms with van der Waals surface area (Å²) < 4.78 is 0. The maximum Gasteiger partial charge on any atom is 0.253 e. The van der Waals surface area contributed by atoms with Crippen molar-refractivity contribution in [3.63, 3.8) is 0 Å². The highest BCUT2D eigenvalue weighted by molar-refractivity contribution is 6.00. The Morgan fingerprint density at radius 2 is 1.33 bits per heavy atom. The number of ketones is 1. The van der Waals surface area contributed by atoms with Crippen LogP contribution >= 0.6 is 0 Å². The molecule has 0 bridgehead atoms. The number of benzene rings is 3. The Balaban J connectivity index is 1.33. The number of para-hydroxylation sites is 1. The van der Waals surface area contributed by atoms with Gasteiger partial charge in [-0.2, -0.15) is 0 Å². The van der Waals surface area contributed by atoms with Gasteiger partial charge in [0, 0.05) is 31.7 Å². The molecule has 3 aromatic rings. The Morgan fingerprint density at radius 1 is 0.733 bits per heavy atom. The summed E-state index contributed by atoms with van der Waals surface area (Å²) in [7, 11) is 0. The lowest BCUT2D eigenvalue weighted by atomic mass is 10.0. The van der Waals surface area contributed by atoms with E-state index in [-0.39, 0.29) is 24.0 Å². The minimum Gasteiger partial charge on any atom is -0.507 e. The van der Waals surface area contributed by atoms with Crippen molar-refractivity contribution in [3.05, 3.63) is 90.0 Å². The van der Waals surface area contributed by atoms with E-state index >= 15 is 0 Å². The maximum absolute atomic E-state index is 12.8. The van der Waals surface area contributed by atoms with Gasteiger partial charge in [-0.25, -0.2) is 0 Å². The van der Waals surface area contributed by atoms with Crippen molar-refractivity contribution in [2.24, 2.45) is 0 Å². The zero-order valence-corrected chi connectivity index (χ0v) is 16.7. The van der Waals surface area contributed by atoms with Crippen LogP contribution in [0.3, 0.4) is 0 Å².